The number of esters is 1. The summed E-state index contributed by atoms with van der Waals surface area (Å²) in [6.07, 6.45) is 3.87. The van der Waals surface area contributed by atoms with E-state index in [1.165, 1.54) is 0 Å². The maximum atomic E-state index is 12.4. The minimum Gasteiger partial charge on any atom is -0.490 e. The van der Waals surface area contributed by atoms with Gasteiger partial charge in [-0.05, 0) is 51.7 Å². The third-order valence-corrected chi connectivity index (χ3v) is 5.55. The van der Waals surface area contributed by atoms with E-state index in [2.05, 4.69) is 5.32 Å². The van der Waals surface area contributed by atoms with Crippen LogP contribution in [0, 0.1) is 17.8 Å². The summed E-state index contributed by atoms with van der Waals surface area (Å²) in [7, 11) is 0. The summed E-state index contributed by atoms with van der Waals surface area (Å²) in [6, 6.07) is 5.12. The van der Waals surface area contributed by atoms with Gasteiger partial charge in [0.15, 0.2) is 18.1 Å². The van der Waals surface area contributed by atoms with Crippen LogP contribution in [0.1, 0.15) is 46.0 Å². The van der Waals surface area contributed by atoms with E-state index in [1.54, 1.807) is 18.2 Å². The lowest BCUT2D eigenvalue weighted by atomic mass is 9.67. The Kier molecular flexibility index (Phi) is 7.12. The molecule has 2 aliphatic rings. The van der Waals surface area contributed by atoms with E-state index in [4.69, 9.17) is 14.2 Å². The average Bonchev–Trinajstić information content (AvgIpc) is 2.68. The summed E-state index contributed by atoms with van der Waals surface area (Å²) in [4.78, 5) is 36.8. The first-order chi connectivity index (χ1) is 14.0. The Morgan fingerprint density at radius 1 is 1.03 bits per heavy atom. The van der Waals surface area contributed by atoms with E-state index >= 15 is 0 Å². The van der Waals surface area contributed by atoms with Gasteiger partial charge in [-0.3, -0.25) is 14.4 Å². The fourth-order valence-electron chi connectivity index (χ4n) is 4.25. The van der Waals surface area contributed by atoms with Crippen molar-refractivity contribution in [2.75, 3.05) is 25.1 Å². The van der Waals surface area contributed by atoms with Crippen LogP contribution in [0.3, 0.4) is 0 Å². The minimum atomic E-state index is -0.419. The van der Waals surface area contributed by atoms with Gasteiger partial charge in [0.25, 0.3) is 5.91 Å². The minimum absolute atomic E-state index is 0.0188. The highest BCUT2D eigenvalue weighted by molar-refractivity contribution is 5.93. The van der Waals surface area contributed by atoms with E-state index in [1.807, 2.05) is 13.8 Å². The number of hydrogen-bond donors (Lipinski definition) is 1. The summed E-state index contributed by atoms with van der Waals surface area (Å²) in [6.45, 7) is 4.38. The molecule has 0 aromatic heterocycles. The van der Waals surface area contributed by atoms with Crippen LogP contribution in [0.2, 0.25) is 0 Å². The maximum absolute atomic E-state index is 12.4. The Morgan fingerprint density at radius 3 is 2.34 bits per heavy atom. The number of hydrogen-bond acceptors (Lipinski definition) is 6. The number of carbonyl (C=O) groups excluding carboxylic acids is 3. The van der Waals surface area contributed by atoms with E-state index in [0.29, 0.717) is 49.0 Å². The quantitative estimate of drug-likeness (QED) is 0.670. The van der Waals surface area contributed by atoms with Crippen molar-refractivity contribution in [1.29, 1.82) is 0 Å². The Morgan fingerprint density at radius 2 is 1.69 bits per heavy atom. The topological polar surface area (TPSA) is 90.9 Å². The van der Waals surface area contributed by atoms with Crippen LogP contribution in [0.15, 0.2) is 18.2 Å². The summed E-state index contributed by atoms with van der Waals surface area (Å²) < 4.78 is 16.3. The van der Waals surface area contributed by atoms with Crippen LogP contribution in [-0.4, -0.2) is 37.5 Å². The number of ketones is 1. The predicted molar refractivity (Wildman–Crippen MR) is 107 cm³/mol. The Balaban J connectivity index is 1.51. The SMILES string of the molecule is CCOc1ccc(NC(=O)COC(=O)C2CC3CCCC(C2)C3=O)cc1OCC. The fraction of sp³-hybridized carbons (Fsp3) is 0.591. The van der Waals surface area contributed by atoms with Gasteiger partial charge in [-0.25, -0.2) is 0 Å². The number of benzene rings is 1. The largest absolute Gasteiger partial charge is 0.490 e. The van der Waals surface area contributed by atoms with Crippen molar-refractivity contribution >= 4 is 23.3 Å². The Hall–Kier alpha value is -2.57. The molecular weight excluding hydrogens is 374 g/mol. The number of fused-ring (bicyclic) bond motifs is 2. The van der Waals surface area contributed by atoms with Crippen molar-refractivity contribution in [3.63, 3.8) is 0 Å². The third kappa shape index (κ3) is 5.28. The highest BCUT2D eigenvalue weighted by atomic mass is 16.5. The Bertz CT molecular complexity index is 746. The summed E-state index contributed by atoms with van der Waals surface area (Å²) in [5.74, 6) is 0.330. The maximum Gasteiger partial charge on any atom is 0.309 e. The number of amides is 1. The molecule has 3 rings (SSSR count). The average molecular weight is 403 g/mol. The lowest BCUT2D eigenvalue weighted by molar-refractivity contribution is -0.155. The smallest absolute Gasteiger partial charge is 0.309 e. The number of carbonyl (C=O) groups is 3. The molecule has 158 valence electrons. The molecule has 0 spiro atoms. The fourth-order valence-corrected chi connectivity index (χ4v) is 4.25. The van der Waals surface area contributed by atoms with Crippen molar-refractivity contribution in [1.82, 2.24) is 0 Å². The highest BCUT2D eigenvalue weighted by Crippen LogP contribution is 2.40. The zero-order valence-electron chi connectivity index (χ0n) is 17.1. The molecule has 2 aliphatic carbocycles. The molecule has 2 atom stereocenters. The lowest BCUT2D eigenvalue weighted by Gasteiger charge is -2.36. The van der Waals surface area contributed by atoms with E-state index in [0.717, 1.165) is 19.3 Å². The number of ether oxygens (including phenoxy) is 3. The van der Waals surface area contributed by atoms with Gasteiger partial charge in [0, 0.05) is 23.6 Å². The van der Waals surface area contributed by atoms with E-state index in [9.17, 15) is 14.4 Å². The van der Waals surface area contributed by atoms with E-state index in [-0.39, 0.29) is 30.3 Å². The van der Waals surface area contributed by atoms with Gasteiger partial charge in [0.1, 0.15) is 5.78 Å². The highest BCUT2D eigenvalue weighted by Gasteiger charge is 2.41. The van der Waals surface area contributed by atoms with E-state index < -0.39 is 5.91 Å². The molecule has 7 heteroatoms. The molecule has 1 aromatic carbocycles. The second-order valence-electron chi connectivity index (χ2n) is 7.58. The standard InChI is InChI=1S/C22H29NO6/c1-3-27-18-9-8-17(12-19(18)28-4-2)23-20(24)13-29-22(26)16-10-14-6-5-7-15(11-16)21(14)25/h8-9,12,14-16H,3-7,10-11,13H2,1-2H3,(H,23,24). The van der Waals surface area contributed by atoms with Gasteiger partial charge in [-0.1, -0.05) is 6.42 Å². The van der Waals surface area contributed by atoms with Crippen molar-refractivity contribution in [2.24, 2.45) is 17.8 Å². The van der Waals surface area contributed by atoms with Gasteiger partial charge >= 0.3 is 5.97 Å². The molecule has 2 bridgehead atoms. The lowest BCUT2D eigenvalue weighted by Crippen LogP contribution is -2.40. The molecule has 29 heavy (non-hydrogen) atoms. The summed E-state index contributed by atoms with van der Waals surface area (Å²) in [5.41, 5.74) is 0.538. The monoisotopic (exact) mass is 403 g/mol. The molecule has 2 saturated carbocycles. The molecule has 1 N–H and O–H groups in total. The number of Topliss-reactive ketones (excluding diaryl/α,β-unsaturated/α-hetero) is 1. The van der Waals surface area contributed by atoms with Gasteiger partial charge in [0.2, 0.25) is 0 Å². The molecule has 1 amide bonds. The van der Waals surface area contributed by atoms with Crippen LogP contribution in [0.4, 0.5) is 5.69 Å². The van der Waals surface area contributed by atoms with Crippen LogP contribution >= 0.6 is 0 Å². The molecule has 2 fully saturated rings. The molecule has 7 nitrogen and oxygen atoms in total. The van der Waals surface area contributed by atoms with Gasteiger partial charge in [0.05, 0.1) is 19.1 Å². The first-order valence-electron chi connectivity index (χ1n) is 10.4. The summed E-state index contributed by atoms with van der Waals surface area (Å²) >= 11 is 0. The van der Waals surface area contributed by atoms with Crippen molar-refractivity contribution < 1.29 is 28.6 Å². The van der Waals surface area contributed by atoms with Gasteiger partial charge in [-0.2, -0.15) is 0 Å². The Labute approximate surface area is 171 Å². The molecule has 0 heterocycles. The number of anilines is 1. The summed E-state index contributed by atoms with van der Waals surface area (Å²) in [5, 5.41) is 2.71. The predicted octanol–water partition coefficient (Wildman–Crippen LogP) is 3.36. The molecule has 0 radical (unpaired) electrons. The van der Waals surface area contributed by atoms with Crippen molar-refractivity contribution in [3.8, 4) is 11.5 Å². The normalized spacial score (nSPS) is 23.2. The van der Waals surface area contributed by atoms with Gasteiger partial charge < -0.3 is 19.5 Å². The number of nitrogens with one attached hydrogen (secondary N) is 1. The zero-order chi connectivity index (χ0) is 20.8. The zero-order valence-corrected chi connectivity index (χ0v) is 17.1. The van der Waals surface area contributed by atoms with Crippen LogP contribution in [-0.2, 0) is 19.1 Å². The number of rotatable bonds is 8. The first kappa shape index (κ1) is 21.1. The third-order valence-electron chi connectivity index (χ3n) is 5.55. The van der Waals surface area contributed by atoms with Crippen LogP contribution in [0.25, 0.3) is 0 Å². The van der Waals surface area contributed by atoms with Crippen LogP contribution < -0.4 is 14.8 Å². The second kappa shape index (κ2) is 9.76. The molecule has 0 aliphatic heterocycles. The molecule has 0 saturated heterocycles. The van der Waals surface area contributed by atoms with Crippen molar-refractivity contribution in [2.45, 2.75) is 46.0 Å². The second-order valence-corrected chi connectivity index (χ2v) is 7.58. The van der Waals surface area contributed by atoms with Gasteiger partial charge in [-0.15, -0.1) is 0 Å². The molecule has 1 aromatic rings. The molecule has 2 unspecified atom stereocenters. The van der Waals surface area contributed by atoms with Crippen LogP contribution in [0.5, 0.6) is 11.5 Å². The van der Waals surface area contributed by atoms with Crippen molar-refractivity contribution in [3.05, 3.63) is 18.2 Å². The molecular formula is C22H29NO6. The first-order valence-corrected chi connectivity index (χ1v) is 10.4.